The van der Waals surface area contributed by atoms with Crippen molar-refractivity contribution in [1.82, 2.24) is 9.97 Å². The van der Waals surface area contributed by atoms with Gasteiger partial charge in [0, 0.05) is 13.6 Å². The number of nitro groups is 1. The average Bonchev–Trinajstić information content (AvgIpc) is 2.38. The lowest BCUT2D eigenvalue weighted by Gasteiger charge is -2.27. The predicted octanol–water partition coefficient (Wildman–Crippen LogP) is 3.36. The van der Waals surface area contributed by atoms with E-state index in [4.69, 9.17) is 11.6 Å². The summed E-state index contributed by atoms with van der Waals surface area (Å²) in [5.74, 6) is 0.889. The number of hydrogen-bond acceptors (Lipinski definition) is 5. The van der Waals surface area contributed by atoms with E-state index in [-0.39, 0.29) is 11.0 Å². The number of rotatable bonds is 4. The van der Waals surface area contributed by atoms with E-state index in [0.717, 1.165) is 6.54 Å². The molecule has 0 spiro atoms. The molecule has 1 aliphatic carbocycles. The molecule has 1 aliphatic rings. The van der Waals surface area contributed by atoms with E-state index in [1.165, 1.54) is 32.1 Å². The molecule has 0 amide bonds. The smallest absolute Gasteiger partial charge is 0.332 e. The van der Waals surface area contributed by atoms with Crippen molar-refractivity contribution in [2.24, 2.45) is 5.92 Å². The largest absolute Gasteiger partial charge is 0.354 e. The Balaban J connectivity index is 2.23. The van der Waals surface area contributed by atoms with Gasteiger partial charge in [0.15, 0.2) is 0 Å². The summed E-state index contributed by atoms with van der Waals surface area (Å²) in [6.07, 6.45) is 6.12. The third kappa shape index (κ3) is 3.36. The summed E-state index contributed by atoms with van der Waals surface area (Å²) in [7, 11) is 1.83. The van der Waals surface area contributed by atoms with Crippen LogP contribution in [0.15, 0.2) is 0 Å². The Labute approximate surface area is 123 Å². The molecule has 1 aromatic rings. The van der Waals surface area contributed by atoms with Gasteiger partial charge in [-0.3, -0.25) is 10.1 Å². The number of aromatic nitrogens is 2. The third-order valence-electron chi connectivity index (χ3n) is 3.81. The first-order valence-electron chi connectivity index (χ1n) is 6.88. The number of hydrogen-bond donors (Lipinski definition) is 0. The van der Waals surface area contributed by atoms with E-state index in [1.54, 1.807) is 6.92 Å². The Morgan fingerprint density at radius 1 is 1.35 bits per heavy atom. The molecule has 1 aromatic heterocycles. The molecule has 0 saturated heterocycles. The molecule has 6 nitrogen and oxygen atoms in total. The van der Waals surface area contributed by atoms with Crippen LogP contribution in [0, 0.1) is 23.0 Å². The van der Waals surface area contributed by atoms with Crippen LogP contribution < -0.4 is 4.90 Å². The van der Waals surface area contributed by atoms with Crippen LogP contribution in [0.1, 0.15) is 37.8 Å². The van der Waals surface area contributed by atoms with Gasteiger partial charge in [-0.1, -0.05) is 19.3 Å². The Morgan fingerprint density at radius 2 is 2.00 bits per heavy atom. The molecule has 1 saturated carbocycles. The molecule has 0 radical (unpaired) electrons. The van der Waals surface area contributed by atoms with Crippen LogP contribution in [-0.4, -0.2) is 28.5 Å². The van der Waals surface area contributed by atoms with Gasteiger partial charge in [0.05, 0.1) is 4.92 Å². The fourth-order valence-electron chi connectivity index (χ4n) is 2.84. The van der Waals surface area contributed by atoms with Crippen molar-refractivity contribution >= 4 is 23.1 Å². The monoisotopic (exact) mass is 298 g/mol. The zero-order valence-corrected chi connectivity index (χ0v) is 12.6. The molecule has 110 valence electrons. The maximum atomic E-state index is 11.2. The molecule has 20 heavy (non-hydrogen) atoms. The van der Waals surface area contributed by atoms with Crippen molar-refractivity contribution in [3.05, 3.63) is 21.1 Å². The first-order chi connectivity index (χ1) is 9.49. The Hall–Kier alpha value is -1.43. The normalized spacial score (nSPS) is 16.1. The van der Waals surface area contributed by atoms with Crippen molar-refractivity contribution < 1.29 is 4.92 Å². The number of anilines is 1. The van der Waals surface area contributed by atoms with E-state index < -0.39 is 4.92 Å². The molecular weight excluding hydrogens is 280 g/mol. The Morgan fingerprint density at radius 3 is 2.60 bits per heavy atom. The second-order valence-corrected chi connectivity index (χ2v) is 5.73. The van der Waals surface area contributed by atoms with Crippen molar-refractivity contribution in [2.45, 2.75) is 39.0 Å². The van der Waals surface area contributed by atoms with Gasteiger partial charge in [0.25, 0.3) is 0 Å². The Kier molecular flexibility index (Phi) is 4.75. The van der Waals surface area contributed by atoms with Gasteiger partial charge in [0.2, 0.25) is 11.1 Å². The lowest BCUT2D eigenvalue weighted by atomic mass is 9.89. The zero-order valence-electron chi connectivity index (χ0n) is 11.8. The van der Waals surface area contributed by atoms with Gasteiger partial charge in [-0.2, -0.15) is 4.98 Å². The topological polar surface area (TPSA) is 72.2 Å². The summed E-state index contributed by atoms with van der Waals surface area (Å²) in [5.41, 5.74) is 0.258. The van der Waals surface area contributed by atoms with Crippen molar-refractivity contribution in [3.8, 4) is 0 Å². The second kappa shape index (κ2) is 6.35. The summed E-state index contributed by atoms with van der Waals surface area (Å²) >= 11 is 5.84. The van der Waals surface area contributed by atoms with Gasteiger partial charge in [-0.15, -0.1) is 0 Å². The molecule has 0 atom stereocenters. The summed E-state index contributed by atoms with van der Waals surface area (Å²) in [6.45, 7) is 2.36. The molecule has 1 heterocycles. The second-order valence-electron chi connectivity index (χ2n) is 5.39. The van der Waals surface area contributed by atoms with E-state index in [9.17, 15) is 10.1 Å². The molecule has 0 aliphatic heterocycles. The predicted molar refractivity (Wildman–Crippen MR) is 78.3 cm³/mol. The number of aryl methyl sites for hydroxylation is 1. The highest BCUT2D eigenvalue weighted by Crippen LogP contribution is 2.31. The fraction of sp³-hybridized carbons (Fsp3) is 0.692. The summed E-state index contributed by atoms with van der Waals surface area (Å²) < 4.78 is 0. The third-order valence-corrected chi connectivity index (χ3v) is 3.98. The van der Waals surface area contributed by atoms with Crippen LogP contribution in [0.3, 0.4) is 0 Å². The highest BCUT2D eigenvalue weighted by atomic mass is 35.5. The van der Waals surface area contributed by atoms with Crippen LogP contribution in [0.25, 0.3) is 0 Å². The molecule has 0 N–H and O–H groups in total. The molecule has 0 unspecified atom stereocenters. The number of halogens is 1. The highest BCUT2D eigenvalue weighted by molar-refractivity contribution is 6.28. The molecule has 2 rings (SSSR count). The fourth-order valence-corrected chi connectivity index (χ4v) is 3.05. The van der Waals surface area contributed by atoms with Gasteiger partial charge < -0.3 is 4.90 Å². The van der Waals surface area contributed by atoms with Crippen LogP contribution in [-0.2, 0) is 0 Å². The van der Waals surface area contributed by atoms with Gasteiger partial charge in [-0.25, -0.2) is 4.98 Å². The molecule has 7 heteroatoms. The molecular formula is C13H19ClN4O2. The number of nitrogens with zero attached hydrogens (tertiary/aromatic N) is 4. The zero-order chi connectivity index (χ0) is 14.7. The van der Waals surface area contributed by atoms with Gasteiger partial charge >= 0.3 is 5.69 Å². The molecule has 1 fully saturated rings. The Bertz CT molecular complexity index is 503. The van der Waals surface area contributed by atoms with Crippen LogP contribution in [0.4, 0.5) is 11.5 Å². The van der Waals surface area contributed by atoms with E-state index in [0.29, 0.717) is 17.4 Å². The summed E-state index contributed by atoms with van der Waals surface area (Å²) in [4.78, 5) is 20.5. The quantitative estimate of drug-likeness (QED) is 0.484. The van der Waals surface area contributed by atoms with Crippen molar-refractivity contribution in [1.29, 1.82) is 0 Å². The lowest BCUT2D eigenvalue weighted by Crippen LogP contribution is -2.28. The van der Waals surface area contributed by atoms with E-state index in [2.05, 4.69) is 9.97 Å². The minimum absolute atomic E-state index is 0.0484. The van der Waals surface area contributed by atoms with Crippen LogP contribution in [0.2, 0.25) is 5.28 Å². The van der Waals surface area contributed by atoms with Crippen molar-refractivity contribution in [2.75, 3.05) is 18.5 Å². The lowest BCUT2D eigenvalue weighted by molar-refractivity contribution is -0.385. The highest BCUT2D eigenvalue weighted by Gasteiger charge is 2.26. The maximum Gasteiger partial charge on any atom is 0.332 e. The minimum Gasteiger partial charge on any atom is -0.354 e. The minimum atomic E-state index is -0.432. The SMILES string of the molecule is Cc1nc(Cl)nc(N(C)CC2CCCCC2)c1[N+](=O)[O-]. The van der Waals surface area contributed by atoms with Gasteiger partial charge in [-0.05, 0) is 37.3 Å². The average molecular weight is 299 g/mol. The molecule has 0 bridgehead atoms. The van der Waals surface area contributed by atoms with Crippen LogP contribution in [0.5, 0.6) is 0 Å². The first-order valence-corrected chi connectivity index (χ1v) is 7.26. The first kappa shape index (κ1) is 15.0. The summed E-state index contributed by atoms with van der Waals surface area (Å²) in [6, 6.07) is 0. The van der Waals surface area contributed by atoms with Crippen LogP contribution >= 0.6 is 11.6 Å². The van der Waals surface area contributed by atoms with Gasteiger partial charge in [0.1, 0.15) is 5.69 Å². The van der Waals surface area contributed by atoms with E-state index >= 15 is 0 Å². The van der Waals surface area contributed by atoms with E-state index in [1.807, 2.05) is 11.9 Å². The summed E-state index contributed by atoms with van der Waals surface area (Å²) in [5, 5.41) is 11.3. The maximum absolute atomic E-state index is 11.2. The van der Waals surface area contributed by atoms with Crippen molar-refractivity contribution in [3.63, 3.8) is 0 Å². The molecule has 0 aromatic carbocycles. The standard InChI is InChI=1S/C13H19ClN4O2/c1-9-11(18(19)20)12(16-13(14)15-9)17(2)8-10-6-4-3-5-7-10/h10H,3-8H2,1-2H3.